The van der Waals surface area contributed by atoms with Crippen LogP contribution in [0, 0.1) is 0 Å². The number of nitrogens with one attached hydrogen (secondary N) is 3. The molecule has 1 saturated heterocycles. The number of imidazole rings is 1. The van der Waals surface area contributed by atoms with Gasteiger partial charge in [-0.2, -0.15) is 0 Å². The first kappa shape index (κ1) is 31.2. The number of anilines is 1. The lowest BCUT2D eigenvalue weighted by molar-refractivity contribution is -0.746. The summed E-state index contributed by atoms with van der Waals surface area (Å²) in [5.41, 5.74) is 7.43. The Kier molecular flexibility index (Phi) is 8.95. The monoisotopic (exact) mass is 660 g/mol. The minimum atomic E-state index is -4.29. The first-order valence-corrected chi connectivity index (χ1v) is 16.0. The largest absolute Gasteiger partial charge is 0.490 e. The summed E-state index contributed by atoms with van der Waals surface area (Å²) in [6.45, 7) is 0.0126. The number of fused-ring (bicyclic) bond motifs is 2. The lowest BCUT2D eigenvalue weighted by Crippen LogP contribution is -2.46. The summed E-state index contributed by atoms with van der Waals surface area (Å²) in [4.78, 5) is 33.1. The van der Waals surface area contributed by atoms with Crippen LogP contribution in [0.4, 0.5) is 5.95 Å². The van der Waals surface area contributed by atoms with Gasteiger partial charge in [0.1, 0.15) is 37.2 Å². The van der Waals surface area contributed by atoms with Crippen LogP contribution in [0.1, 0.15) is 11.8 Å². The third-order valence-electron chi connectivity index (χ3n) is 7.51. The Bertz CT molecular complexity index is 1910. The van der Waals surface area contributed by atoms with Crippen molar-refractivity contribution in [3.8, 4) is 5.75 Å². The quantitative estimate of drug-likeness (QED) is 0.0750. The molecule has 4 heterocycles. The van der Waals surface area contributed by atoms with E-state index in [1.165, 1.54) is 10.9 Å². The highest BCUT2D eigenvalue weighted by Gasteiger charge is 2.47. The second-order valence-electron chi connectivity index (χ2n) is 10.5. The van der Waals surface area contributed by atoms with Crippen molar-refractivity contribution >= 4 is 47.4 Å². The summed E-state index contributed by atoms with van der Waals surface area (Å²) >= 11 is 5.92. The van der Waals surface area contributed by atoms with Crippen LogP contribution in [0.15, 0.2) is 65.8 Å². The zero-order valence-corrected chi connectivity index (χ0v) is 25.4. The second-order valence-corrected chi connectivity index (χ2v) is 12.6. The number of hydrogen-bond acceptors (Lipinski definition) is 9. The maximum atomic E-state index is 12.9. The van der Waals surface area contributed by atoms with Crippen LogP contribution in [0.3, 0.4) is 0 Å². The molecule has 17 heteroatoms. The summed E-state index contributed by atoms with van der Waals surface area (Å²) < 4.78 is 32.5. The number of benzene rings is 2. The van der Waals surface area contributed by atoms with Gasteiger partial charge in [0.2, 0.25) is 11.7 Å². The van der Waals surface area contributed by atoms with E-state index < -0.39 is 44.5 Å². The number of hydrogen-bond donors (Lipinski definition) is 7. The Balaban J connectivity index is 1.11. The first-order valence-electron chi connectivity index (χ1n) is 14.1. The molecule has 45 heavy (non-hydrogen) atoms. The zero-order valence-electron chi connectivity index (χ0n) is 23.7. The van der Waals surface area contributed by atoms with Gasteiger partial charge in [0.25, 0.3) is 11.5 Å². The highest BCUT2D eigenvalue weighted by Crippen LogP contribution is 2.38. The van der Waals surface area contributed by atoms with Gasteiger partial charge in [-0.15, -0.1) is 0 Å². The van der Waals surface area contributed by atoms with Crippen LogP contribution in [0.2, 0.25) is 5.02 Å². The Morgan fingerprint density at radius 1 is 1.18 bits per heavy atom. The van der Waals surface area contributed by atoms with E-state index >= 15 is 0 Å². The minimum Gasteiger partial charge on any atom is -0.490 e. The molecule has 0 saturated carbocycles. The molecule has 0 bridgehead atoms. The molecule has 238 valence electrons. The van der Waals surface area contributed by atoms with Crippen LogP contribution in [-0.2, 0) is 26.8 Å². The Labute approximate surface area is 260 Å². The lowest BCUT2D eigenvalue weighted by atomic mass is 10.1. The summed E-state index contributed by atoms with van der Waals surface area (Å²) in [5, 5.41) is 25.8. The van der Waals surface area contributed by atoms with Crippen molar-refractivity contribution in [1.29, 1.82) is 0 Å². The summed E-state index contributed by atoms with van der Waals surface area (Å²) in [6.07, 6.45) is -1.59. The first-order chi connectivity index (χ1) is 21.6. The van der Waals surface area contributed by atoms with Crippen molar-refractivity contribution in [3.05, 3.63) is 82.0 Å². The summed E-state index contributed by atoms with van der Waals surface area (Å²) in [6, 6.07) is 14.5. The van der Waals surface area contributed by atoms with Crippen LogP contribution < -0.4 is 25.7 Å². The number of aromatic amines is 2. The lowest BCUT2D eigenvalue weighted by Gasteiger charge is -2.18. The Hall–Kier alpha value is -3.79. The molecule has 6 rings (SSSR count). The molecule has 0 aliphatic carbocycles. The van der Waals surface area contributed by atoms with Gasteiger partial charge in [0.05, 0.1) is 6.61 Å². The fraction of sp³-hybridized carbons (Fsp3) is 0.321. The molecule has 5 atom stereocenters. The van der Waals surface area contributed by atoms with E-state index in [9.17, 15) is 24.5 Å². The number of nitrogen functional groups attached to an aromatic ring is 1. The number of nitrogens with zero attached hydrogens (tertiary/aromatic N) is 3. The second kappa shape index (κ2) is 12.9. The molecule has 1 fully saturated rings. The van der Waals surface area contributed by atoms with Crippen LogP contribution in [0.25, 0.3) is 22.1 Å². The molecule has 1 aliphatic heterocycles. The van der Waals surface area contributed by atoms with Gasteiger partial charge in [-0.3, -0.25) is 18.9 Å². The van der Waals surface area contributed by atoms with Crippen LogP contribution in [-0.4, -0.2) is 72.7 Å². The molecule has 3 aromatic heterocycles. The predicted molar refractivity (Wildman–Crippen MR) is 164 cm³/mol. The number of rotatable bonds is 12. The molecular formula is C28H32ClN7O8P+. The third-order valence-corrected chi connectivity index (χ3v) is 8.89. The van der Waals surface area contributed by atoms with Gasteiger partial charge >= 0.3 is 13.4 Å². The summed E-state index contributed by atoms with van der Waals surface area (Å²) in [7, 11) is -4.29. The van der Waals surface area contributed by atoms with E-state index in [1.54, 1.807) is 28.8 Å². The molecule has 8 N–H and O–H groups in total. The molecule has 0 amide bonds. The van der Waals surface area contributed by atoms with Gasteiger partial charge < -0.3 is 35.3 Å². The topological polar surface area (TPSA) is 214 Å². The molecular weight excluding hydrogens is 629 g/mol. The van der Waals surface area contributed by atoms with Crippen molar-refractivity contribution in [2.75, 3.05) is 25.5 Å². The number of H-pyrrole nitrogens is 2. The number of halogens is 1. The fourth-order valence-electron chi connectivity index (χ4n) is 5.31. The van der Waals surface area contributed by atoms with Gasteiger partial charge in [-0.25, -0.2) is 14.2 Å². The zero-order chi connectivity index (χ0) is 31.7. The van der Waals surface area contributed by atoms with Crippen molar-refractivity contribution < 1.29 is 38.2 Å². The molecule has 0 radical (unpaired) electrons. The van der Waals surface area contributed by atoms with E-state index in [-0.39, 0.29) is 36.8 Å². The Morgan fingerprint density at radius 3 is 2.76 bits per heavy atom. The van der Waals surface area contributed by atoms with Gasteiger partial charge in [0, 0.05) is 28.7 Å². The summed E-state index contributed by atoms with van der Waals surface area (Å²) in [5.74, 6) is 0.415. The molecule has 2 aromatic carbocycles. The molecule has 15 nitrogen and oxygen atoms in total. The number of aliphatic hydroxyl groups is 2. The van der Waals surface area contributed by atoms with Crippen molar-refractivity contribution in [2.24, 2.45) is 0 Å². The number of ether oxygens (including phenoxy) is 2. The van der Waals surface area contributed by atoms with Crippen molar-refractivity contribution in [2.45, 2.75) is 37.5 Å². The van der Waals surface area contributed by atoms with E-state index in [0.717, 1.165) is 16.5 Å². The van der Waals surface area contributed by atoms with Gasteiger partial charge in [-0.1, -0.05) is 34.8 Å². The number of nitrogens with two attached hydrogens (primary N) is 1. The molecule has 5 aromatic rings. The maximum Gasteiger partial charge on any atom is 0.403 e. The van der Waals surface area contributed by atoms with Gasteiger partial charge in [0.15, 0.2) is 6.33 Å². The van der Waals surface area contributed by atoms with E-state index in [2.05, 4.69) is 20.0 Å². The maximum absolute atomic E-state index is 12.9. The smallest absolute Gasteiger partial charge is 0.403 e. The van der Waals surface area contributed by atoms with E-state index in [1.807, 2.05) is 30.5 Å². The molecule has 0 spiro atoms. The van der Waals surface area contributed by atoms with Crippen LogP contribution >= 0.6 is 19.3 Å². The van der Waals surface area contributed by atoms with Crippen molar-refractivity contribution in [1.82, 2.24) is 24.6 Å². The van der Waals surface area contributed by atoms with E-state index in [4.69, 9.17) is 31.3 Å². The SMILES string of the molecule is Nc1nc2c(c(=O)[nH]1)n(CCOc1ccc(Cl)cc1)c[n+]2[C@@H]1O[C@H](COP(=O)(O)NCCc2c[nH]c3ccccc23)C(O)[C@@H]1O. The number of aromatic nitrogens is 5. The predicted octanol–water partition coefficient (Wildman–Crippen LogP) is 1.38. The third kappa shape index (κ3) is 6.76. The number of para-hydroxylation sites is 1. The highest BCUT2D eigenvalue weighted by atomic mass is 35.5. The van der Waals surface area contributed by atoms with Gasteiger partial charge in [-0.05, 0) is 42.3 Å². The van der Waals surface area contributed by atoms with E-state index in [0.29, 0.717) is 17.2 Å². The average molecular weight is 661 g/mol. The average Bonchev–Trinajstić information content (AvgIpc) is 3.67. The molecule has 1 aliphatic rings. The molecule has 2 unspecified atom stereocenters. The Morgan fingerprint density at radius 2 is 1.96 bits per heavy atom. The van der Waals surface area contributed by atoms with Crippen LogP contribution in [0.5, 0.6) is 5.75 Å². The normalized spacial score (nSPS) is 21.4. The number of aliphatic hydroxyl groups excluding tert-OH is 2. The standard InChI is InChI=1S/C28H31ClN7O8P/c29-17-5-7-18(8-6-17)42-12-11-35-15-36(25-22(35)26(39)34-28(30)33-25)27-24(38)23(37)21(44-27)14-43-45(40,41)32-10-9-16-13-31-20-4-2-1-3-19(16)20/h1-8,13,15,21,23-24,27,31,37-38H,9-12,14H2,(H4-,30,32,33,34,39,40,41)/p+1/t21-,23?,24+,27-/m1/s1. The fourth-order valence-corrected chi connectivity index (χ4v) is 6.27. The minimum absolute atomic E-state index is 0.0901. The van der Waals surface area contributed by atoms with Crippen molar-refractivity contribution in [3.63, 3.8) is 0 Å². The highest BCUT2D eigenvalue weighted by molar-refractivity contribution is 7.50.